The molecule has 8 heteroatoms. The van der Waals surface area contributed by atoms with E-state index in [9.17, 15) is 14.9 Å². The molecule has 0 saturated heterocycles. The highest BCUT2D eigenvalue weighted by Gasteiger charge is 2.08. The zero-order valence-electron chi connectivity index (χ0n) is 12.2. The topological polar surface area (TPSA) is 100 Å². The third kappa shape index (κ3) is 3.33. The summed E-state index contributed by atoms with van der Waals surface area (Å²) in [6, 6.07) is 11.1. The Morgan fingerprint density at radius 3 is 2.71 bits per heavy atom. The number of amides is 1. The normalized spacial score (nSPS) is 11.0. The quantitative estimate of drug-likeness (QED) is 0.406. The number of nitrogens with one attached hydrogen (secondary N) is 2. The summed E-state index contributed by atoms with van der Waals surface area (Å²) in [6.07, 6.45) is 3.33. The van der Waals surface area contributed by atoms with Gasteiger partial charge in [-0.05, 0) is 30.3 Å². The van der Waals surface area contributed by atoms with Gasteiger partial charge in [0.25, 0.3) is 11.6 Å². The third-order valence-corrected chi connectivity index (χ3v) is 3.88. The van der Waals surface area contributed by atoms with Gasteiger partial charge in [0, 0.05) is 44.8 Å². The number of rotatable bonds is 4. The fourth-order valence-corrected chi connectivity index (χ4v) is 2.54. The van der Waals surface area contributed by atoms with E-state index in [0.717, 1.165) is 20.9 Å². The van der Waals surface area contributed by atoms with Crippen molar-refractivity contribution in [1.29, 1.82) is 0 Å². The minimum absolute atomic E-state index is 0.0700. The fourth-order valence-electron chi connectivity index (χ4n) is 2.18. The first-order chi connectivity index (χ1) is 11.5. The summed E-state index contributed by atoms with van der Waals surface area (Å²) in [5.74, 6) is -0.442. The first kappa shape index (κ1) is 15.9. The number of halogens is 1. The molecular formula is C16H11BrN4O3. The maximum absolute atomic E-state index is 12.0. The molecule has 2 N–H and O–H groups in total. The number of H-pyrrole nitrogens is 1. The van der Waals surface area contributed by atoms with Crippen molar-refractivity contribution in [3.63, 3.8) is 0 Å². The van der Waals surface area contributed by atoms with E-state index in [4.69, 9.17) is 0 Å². The first-order valence-corrected chi connectivity index (χ1v) is 7.68. The van der Waals surface area contributed by atoms with E-state index in [1.165, 1.54) is 30.5 Å². The largest absolute Gasteiger partial charge is 0.361 e. The number of hydrazone groups is 1. The van der Waals surface area contributed by atoms with Crippen LogP contribution in [-0.4, -0.2) is 22.0 Å². The predicted molar refractivity (Wildman–Crippen MR) is 94.2 cm³/mol. The molecule has 1 aromatic heterocycles. The van der Waals surface area contributed by atoms with Gasteiger partial charge in [-0.1, -0.05) is 15.9 Å². The molecule has 1 amide bonds. The average molecular weight is 387 g/mol. The van der Waals surface area contributed by atoms with Gasteiger partial charge < -0.3 is 4.98 Å². The Labute approximate surface area is 144 Å². The SMILES string of the molecule is O=C(NN=Cc1c[nH]c2ccc(Br)cc12)c1ccc([N+](=O)[O-])cc1. The maximum Gasteiger partial charge on any atom is 0.271 e. The molecule has 0 aliphatic carbocycles. The van der Waals surface area contributed by atoms with Gasteiger partial charge in [-0.15, -0.1) is 0 Å². The Balaban J connectivity index is 1.72. The molecule has 0 radical (unpaired) electrons. The number of hydrogen-bond donors (Lipinski definition) is 2. The van der Waals surface area contributed by atoms with E-state index in [1.807, 2.05) is 18.2 Å². The summed E-state index contributed by atoms with van der Waals surface area (Å²) in [6.45, 7) is 0. The van der Waals surface area contributed by atoms with Gasteiger partial charge in [0.05, 0.1) is 11.1 Å². The highest BCUT2D eigenvalue weighted by molar-refractivity contribution is 9.10. The number of nitro benzene ring substituents is 1. The second-order valence-corrected chi connectivity index (χ2v) is 5.85. The summed E-state index contributed by atoms with van der Waals surface area (Å²) in [4.78, 5) is 25.1. The van der Waals surface area contributed by atoms with Gasteiger partial charge in [-0.2, -0.15) is 5.10 Å². The van der Waals surface area contributed by atoms with Crippen LogP contribution in [0.5, 0.6) is 0 Å². The van der Waals surface area contributed by atoms with Crippen LogP contribution in [0.15, 0.2) is 58.2 Å². The Bertz CT molecular complexity index is 948. The van der Waals surface area contributed by atoms with Gasteiger partial charge >= 0.3 is 0 Å². The molecule has 0 aliphatic heterocycles. The number of aromatic nitrogens is 1. The second kappa shape index (κ2) is 6.63. The molecule has 24 heavy (non-hydrogen) atoms. The van der Waals surface area contributed by atoms with Crippen molar-refractivity contribution in [2.45, 2.75) is 0 Å². The summed E-state index contributed by atoms with van der Waals surface area (Å²) in [5, 5.41) is 15.5. The lowest BCUT2D eigenvalue weighted by atomic mass is 10.2. The number of nitrogens with zero attached hydrogens (tertiary/aromatic N) is 2. The lowest BCUT2D eigenvalue weighted by molar-refractivity contribution is -0.384. The molecule has 7 nitrogen and oxygen atoms in total. The third-order valence-electron chi connectivity index (χ3n) is 3.39. The molecular weight excluding hydrogens is 376 g/mol. The highest BCUT2D eigenvalue weighted by Crippen LogP contribution is 2.21. The van der Waals surface area contributed by atoms with Crippen LogP contribution in [-0.2, 0) is 0 Å². The number of benzene rings is 2. The molecule has 120 valence electrons. The lowest BCUT2D eigenvalue weighted by Crippen LogP contribution is -2.17. The van der Waals surface area contributed by atoms with Crippen molar-refractivity contribution in [3.05, 3.63) is 74.4 Å². The van der Waals surface area contributed by atoms with Crippen LogP contribution < -0.4 is 5.43 Å². The van der Waals surface area contributed by atoms with Crippen molar-refractivity contribution < 1.29 is 9.72 Å². The highest BCUT2D eigenvalue weighted by atomic mass is 79.9. The second-order valence-electron chi connectivity index (χ2n) is 4.94. The molecule has 0 aliphatic rings. The van der Waals surface area contributed by atoms with Crippen molar-refractivity contribution >= 4 is 44.6 Å². The van der Waals surface area contributed by atoms with Crippen LogP contribution in [0.2, 0.25) is 0 Å². The molecule has 2 aromatic carbocycles. The van der Waals surface area contributed by atoms with Gasteiger partial charge in [-0.25, -0.2) is 5.43 Å². The van der Waals surface area contributed by atoms with Crippen molar-refractivity contribution in [2.24, 2.45) is 5.10 Å². The van der Waals surface area contributed by atoms with Gasteiger partial charge in [-0.3, -0.25) is 14.9 Å². The molecule has 0 saturated carbocycles. The number of carbonyl (C=O) groups excluding carboxylic acids is 1. The van der Waals surface area contributed by atoms with E-state index in [1.54, 1.807) is 6.20 Å². The molecule has 0 bridgehead atoms. The number of aromatic amines is 1. The van der Waals surface area contributed by atoms with Crippen LogP contribution in [0.25, 0.3) is 10.9 Å². The van der Waals surface area contributed by atoms with Crippen LogP contribution in [0.3, 0.4) is 0 Å². The van der Waals surface area contributed by atoms with Crippen LogP contribution in [0.1, 0.15) is 15.9 Å². The Hall–Kier alpha value is -3.00. The van der Waals surface area contributed by atoms with E-state index >= 15 is 0 Å². The predicted octanol–water partition coefficient (Wildman–Crippen LogP) is 3.60. The number of carbonyl (C=O) groups is 1. The minimum atomic E-state index is -0.519. The lowest BCUT2D eigenvalue weighted by Gasteiger charge is -1.99. The Morgan fingerprint density at radius 1 is 1.25 bits per heavy atom. The standard InChI is InChI=1S/C16H11BrN4O3/c17-12-3-6-15-14(7-12)11(8-18-15)9-19-20-16(22)10-1-4-13(5-2-10)21(23)24/h1-9,18H,(H,20,22). The van der Waals surface area contributed by atoms with Gasteiger partial charge in [0.15, 0.2) is 0 Å². The maximum atomic E-state index is 12.0. The minimum Gasteiger partial charge on any atom is -0.361 e. The van der Waals surface area contributed by atoms with E-state index in [-0.39, 0.29) is 5.69 Å². The Kier molecular flexibility index (Phi) is 4.39. The smallest absolute Gasteiger partial charge is 0.271 e. The van der Waals surface area contributed by atoms with E-state index in [0.29, 0.717) is 5.56 Å². The van der Waals surface area contributed by atoms with E-state index < -0.39 is 10.8 Å². The number of nitro groups is 1. The molecule has 3 rings (SSSR count). The number of hydrogen-bond acceptors (Lipinski definition) is 4. The first-order valence-electron chi connectivity index (χ1n) is 6.89. The zero-order chi connectivity index (χ0) is 17.1. The van der Waals surface area contributed by atoms with Crippen LogP contribution in [0.4, 0.5) is 5.69 Å². The van der Waals surface area contributed by atoms with Crippen molar-refractivity contribution in [1.82, 2.24) is 10.4 Å². The van der Waals surface area contributed by atoms with Crippen LogP contribution in [0, 0.1) is 10.1 Å². The Morgan fingerprint density at radius 2 is 2.00 bits per heavy atom. The molecule has 3 aromatic rings. The van der Waals surface area contributed by atoms with Crippen LogP contribution >= 0.6 is 15.9 Å². The summed E-state index contributed by atoms with van der Waals surface area (Å²) >= 11 is 3.41. The number of non-ortho nitro benzene ring substituents is 1. The molecule has 0 spiro atoms. The van der Waals surface area contributed by atoms with Gasteiger partial charge in [0.2, 0.25) is 0 Å². The average Bonchev–Trinajstić information content (AvgIpc) is 2.97. The fraction of sp³-hybridized carbons (Fsp3) is 0. The molecule has 0 fully saturated rings. The molecule has 0 atom stereocenters. The summed E-state index contributed by atoms with van der Waals surface area (Å²) < 4.78 is 0.944. The zero-order valence-corrected chi connectivity index (χ0v) is 13.8. The summed E-state index contributed by atoms with van der Waals surface area (Å²) in [7, 11) is 0. The monoisotopic (exact) mass is 386 g/mol. The van der Waals surface area contributed by atoms with E-state index in [2.05, 4.69) is 31.4 Å². The molecule has 1 heterocycles. The number of fused-ring (bicyclic) bond motifs is 1. The van der Waals surface area contributed by atoms with Gasteiger partial charge in [0.1, 0.15) is 0 Å². The molecule has 0 unspecified atom stereocenters. The summed E-state index contributed by atoms with van der Waals surface area (Å²) in [5.41, 5.74) is 4.41. The van der Waals surface area contributed by atoms with Crippen molar-refractivity contribution in [3.8, 4) is 0 Å². The van der Waals surface area contributed by atoms with Crippen molar-refractivity contribution in [2.75, 3.05) is 0 Å².